The van der Waals surface area contributed by atoms with Crippen molar-refractivity contribution in [2.45, 2.75) is 6.10 Å². The molecule has 1 atom stereocenters. The molecule has 2 aliphatic heterocycles. The number of amides is 1. The van der Waals surface area contributed by atoms with Gasteiger partial charge in [0, 0.05) is 25.8 Å². The van der Waals surface area contributed by atoms with Gasteiger partial charge < -0.3 is 15.2 Å². The largest absolute Gasteiger partial charge is 0.485 e. The molecule has 128 valence electrons. The van der Waals surface area contributed by atoms with Gasteiger partial charge in [-0.2, -0.15) is 8.61 Å². The van der Waals surface area contributed by atoms with Gasteiger partial charge in [-0.1, -0.05) is 11.0 Å². The quantitative estimate of drug-likeness (QED) is 0.563. The maximum Gasteiger partial charge on any atom is 0.409 e. The first-order valence-corrected chi connectivity index (χ1v) is 8.61. The van der Waals surface area contributed by atoms with E-state index in [0.29, 0.717) is 43.3 Å². The van der Waals surface area contributed by atoms with Crippen LogP contribution in [0.3, 0.4) is 0 Å². The second-order valence-corrected chi connectivity index (χ2v) is 7.61. The van der Waals surface area contributed by atoms with E-state index in [1.54, 1.807) is 33.9 Å². The summed E-state index contributed by atoms with van der Waals surface area (Å²) in [6, 6.07) is 4.97. The van der Waals surface area contributed by atoms with E-state index in [2.05, 4.69) is 10.6 Å². The molecule has 2 heterocycles. The monoisotopic (exact) mass is 344 g/mol. The number of rotatable bonds is 3. The lowest BCUT2D eigenvalue weighted by Gasteiger charge is -2.42. The first-order valence-electron chi connectivity index (χ1n) is 7.15. The number of fused-ring (bicyclic) bond motifs is 1. The van der Waals surface area contributed by atoms with Crippen LogP contribution in [0.5, 0.6) is 5.75 Å². The van der Waals surface area contributed by atoms with Crippen molar-refractivity contribution in [1.29, 1.82) is 0 Å². The molecule has 0 aliphatic carbocycles. The third-order valence-corrected chi connectivity index (χ3v) is 5.92. The molecule has 1 amide bonds. The first-order chi connectivity index (χ1) is 10.9. The Morgan fingerprint density at radius 3 is 2.91 bits per heavy atom. The zero-order chi connectivity index (χ0) is 16.6. The van der Waals surface area contributed by atoms with Crippen LogP contribution in [0.2, 0.25) is 0 Å². The average molecular weight is 344 g/mol. The molecule has 0 radical (unpaired) electrons. The summed E-state index contributed by atoms with van der Waals surface area (Å²) in [5.41, 5.74) is 1.17. The molecule has 1 unspecified atom stereocenters. The van der Waals surface area contributed by atoms with Crippen molar-refractivity contribution in [3.8, 4) is 5.75 Å². The number of carbonyl (C=O) groups is 1. The minimum atomic E-state index is -2.88. The third-order valence-electron chi connectivity index (χ3n) is 3.88. The van der Waals surface area contributed by atoms with E-state index < -0.39 is 17.1 Å². The zero-order valence-corrected chi connectivity index (χ0v) is 13.4. The van der Waals surface area contributed by atoms with Gasteiger partial charge >= 0.3 is 6.09 Å². The van der Waals surface area contributed by atoms with Crippen LogP contribution < -0.4 is 15.4 Å². The molecule has 1 saturated heterocycles. The predicted octanol–water partition coefficient (Wildman–Crippen LogP) is 1.78. The van der Waals surface area contributed by atoms with Crippen molar-refractivity contribution >= 4 is 28.4 Å². The van der Waals surface area contributed by atoms with Gasteiger partial charge in [-0.05, 0) is 18.2 Å². The molecular weight excluding hydrogens is 324 g/mol. The average Bonchev–Trinajstić information content (AvgIpc) is 2.73. The van der Waals surface area contributed by atoms with Crippen LogP contribution in [0.4, 0.5) is 16.2 Å². The molecule has 0 spiro atoms. The van der Waals surface area contributed by atoms with E-state index in [1.807, 2.05) is 0 Å². The minimum absolute atomic E-state index is 0.224. The summed E-state index contributed by atoms with van der Waals surface area (Å²) in [6.07, 6.45) is -1.35. The topological polar surface area (TPSA) is 118 Å². The number of carboxylic acid groups (broad SMARTS) is 1. The van der Waals surface area contributed by atoms with Gasteiger partial charge in [0.05, 0.1) is 18.8 Å². The van der Waals surface area contributed by atoms with Crippen molar-refractivity contribution in [2.75, 3.05) is 43.9 Å². The Kier molecular flexibility index (Phi) is 4.25. The van der Waals surface area contributed by atoms with Crippen LogP contribution >= 0.6 is 11.0 Å². The molecule has 23 heavy (non-hydrogen) atoms. The number of likely N-dealkylation sites (N-methyl/N-ethyl adjacent to an activating group) is 1. The Morgan fingerprint density at radius 1 is 1.48 bits per heavy atom. The highest BCUT2D eigenvalue weighted by Crippen LogP contribution is 2.49. The van der Waals surface area contributed by atoms with Crippen molar-refractivity contribution in [2.24, 2.45) is 0 Å². The fourth-order valence-corrected chi connectivity index (χ4v) is 4.05. The van der Waals surface area contributed by atoms with Gasteiger partial charge in [-0.3, -0.25) is 14.4 Å². The second-order valence-electron chi connectivity index (χ2n) is 5.49. The number of anilines is 2. The number of nitrogens with one attached hydrogen (secondary N) is 2. The highest BCUT2D eigenvalue weighted by atomic mass is 32.3. The predicted molar refractivity (Wildman–Crippen MR) is 88.0 cm³/mol. The number of hydrogen-bond donors (Lipinski definition) is 5. The van der Waals surface area contributed by atoms with E-state index in [1.165, 1.54) is 0 Å². The van der Waals surface area contributed by atoms with Crippen LogP contribution in [0.15, 0.2) is 18.2 Å². The highest BCUT2D eigenvalue weighted by Gasteiger charge is 2.36. The fraction of sp³-hybridized carbons (Fsp3) is 0.462. The molecule has 1 aromatic carbocycles. The Hall–Kier alpha value is -1.72. The van der Waals surface area contributed by atoms with E-state index in [4.69, 9.17) is 9.84 Å². The molecule has 2 aliphatic rings. The molecule has 0 aromatic heterocycles. The van der Waals surface area contributed by atoms with Gasteiger partial charge in [-0.25, -0.2) is 4.79 Å². The molecule has 1 aromatic rings. The number of hydrogen-bond acceptors (Lipinski definition) is 7. The maximum absolute atomic E-state index is 10.7. The summed E-state index contributed by atoms with van der Waals surface area (Å²) >= 11 is 0. The molecular formula is C13H20N4O5S. The minimum Gasteiger partial charge on any atom is -0.485 e. The van der Waals surface area contributed by atoms with E-state index in [0.717, 1.165) is 0 Å². The summed E-state index contributed by atoms with van der Waals surface area (Å²) in [5, 5.41) is 14.2. The molecule has 0 saturated carbocycles. The van der Waals surface area contributed by atoms with Gasteiger partial charge in [0.1, 0.15) is 11.9 Å². The third kappa shape index (κ3) is 3.31. The molecule has 10 heteroatoms. The zero-order valence-electron chi connectivity index (χ0n) is 12.6. The van der Waals surface area contributed by atoms with Crippen molar-refractivity contribution in [3.05, 3.63) is 18.2 Å². The fourth-order valence-electron chi connectivity index (χ4n) is 2.63. The van der Waals surface area contributed by atoms with Crippen LogP contribution in [0.25, 0.3) is 0 Å². The number of benzene rings is 1. The van der Waals surface area contributed by atoms with Gasteiger partial charge in [0.25, 0.3) is 0 Å². The molecule has 0 bridgehead atoms. The van der Waals surface area contributed by atoms with E-state index in [-0.39, 0.29) is 6.10 Å². The standard InChI is InChI=1S/C13H20N4O5S/c1-16-4-5-17(23(16,20)21)8-10-7-14-11-6-9(15-13(18)19)2-3-12(11)22-10/h2-3,6,10,14-15,20-21H,4-5,7-8H2,1H3,(H,18,19). The molecule has 9 nitrogen and oxygen atoms in total. The van der Waals surface area contributed by atoms with Gasteiger partial charge in [0.15, 0.2) is 0 Å². The Balaban J connectivity index is 1.65. The van der Waals surface area contributed by atoms with Crippen LogP contribution in [0.1, 0.15) is 0 Å². The normalized spacial score (nSPS) is 25.1. The smallest absolute Gasteiger partial charge is 0.409 e. The van der Waals surface area contributed by atoms with Gasteiger partial charge in [0.2, 0.25) is 0 Å². The van der Waals surface area contributed by atoms with E-state index >= 15 is 0 Å². The molecule has 3 rings (SSSR count). The van der Waals surface area contributed by atoms with Crippen LogP contribution in [-0.2, 0) is 0 Å². The SMILES string of the molecule is CN1CCN(CC2CNc3cc(NC(=O)O)ccc3O2)S1(O)O. The maximum atomic E-state index is 10.7. The lowest BCUT2D eigenvalue weighted by Crippen LogP contribution is -2.41. The van der Waals surface area contributed by atoms with E-state index in [9.17, 15) is 13.9 Å². The first kappa shape index (κ1) is 16.1. The Labute approximate surface area is 135 Å². The summed E-state index contributed by atoms with van der Waals surface area (Å²) < 4.78 is 29.3. The summed E-state index contributed by atoms with van der Waals surface area (Å²) in [4.78, 5) is 10.7. The van der Waals surface area contributed by atoms with Crippen molar-refractivity contribution in [1.82, 2.24) is 8.61 Å². The number of ether oxygens (including phenoxy) is 1. The second kappa shape index (κ2) is 6.06. The molecule has 5 N–H and O–H groups in total. The Bertz CT molecular complexity index is 614. The van der Waals surface area contributed by atoms with Crippen LogP contribution in [0, 0.1) is 0 Å². The lowest BCUT2D eigenvalue weighted by molar-refractivity contribution is 0.173. The number of nitrogens with zero attached hydrogens (tertiary/aromatic N) is 2. The summed E-state index contributed by atoms with van der Waals surface area (Å²) in [6.45, 7) is 2.07. The Morgan fingerprint density at radius 2 is 2.26 bits per heavy atom. The lowest BCUT2D eigenvalue weighted by atomic mass is 10.2. The van der Waals surface area contributed by atoms with Gasteiger partial charge in [-0.15, -0.1) is 0 Å². The van der Waals surface area contributed by atoms with Crippen molar-refractivity contribution < 1.29 is 23.7 Å². The van der Waals surface area contributed by atoms with Crippen LogP contribution in [-0.4, -0.2) is 68.2 Å². The molecule has 1 fully saturated rings. The highest BCUT2D eigenvalue weighted by molar-refractivity contribution is 8.20. The summed E-state index contributed by atoms with van der Waals surface area (Å²) in [5.74, 6) is 0.612. The summed E-state index contributed by atoms with van der Waals surface area (Å²) in [7, 11) is -1.20. The van der Waals surface area contributed by atoms with Crippen molar-refractivity contribution in [3.63, 3.8) is 0 Å².